The minimum Gasteiger partial charge on any atom is -0.453 e. The SMILES string of the molecule is COC(=O)N1CCN(c2cccc(-c3cc(=O)[nH]c(SC/C(=N/N)NN)c3C#N)c2)CC1. The number of pyridine rings is 1. The average Bonchev–Trinajstić information content (AvgIpc) is 2.84. The van der Waals surface area contributed by atoms with Gasteiger partial charge in [0, 0.05) is 43.5 Å². The number of nitriles is 1. The van der Waals surface area contributed by atoms with Gasteiger partial charge in [-0.25, -0.2) is 10.6 Å². The Labute approximate surface area is 189 Å². The molecular formula is C20H24N8O3S. The van der Waals surface area contributed by atoms with Gasteiger partial charge < -0.3 is 30.8 Å². The Balaban J connectivity index is 1.88. The van der Waals surface area contributed by atoms with E-state index >= 15 is 0 Å². The molecule has 12 heteroatoms. The zero-order valence-electron chi connectivity index (χ0n) is 17.5. The second-order valence-corrected chi connectivity index (χ2v) is 7.85. The number of aromatic nitrogens is 1. The molecule has 0 radical (unpaired) electrons. The van der Waals surface area contributed by atoms with Crippen LogP contribution in [-0.4, -0.2) is 60.9 Å². The molecule has 3 rings (SSSR count). The Morgan fingerprint density at radius 1 is 1.34 bits per heavy atom. The van der Waals surface area contributed by atoms with Gasteiger partial charge in [0.2, 0.25) is 5.56 Å². The predicted molar refractivity (Wildman–Crippen MR) is 123 cm³/mol. The molecule has 1 saturated heterocycles. The van der Waals surface area contributed by atoms with Gasteiger partial charge in [-0.2, -0.15) is 10.4 Å². The number of hydrogen-bond acceptors (Lipinski definition) is 9. The van der Waals surface area contributed by atoms with E-state index in [9.17, 15) is 14.9 Å². The number of H-pyrrole nitrogens is 1. The number of hydrogen-bond donors (Lipinski definition) is 4. The van der Waals surface area contributed by atoms with E-state index in [-0.39, 0.29) is 17.4 Å². The molecule has 0 aliphatic carbocycles. The number of hydrazone groups is 1. The quantitative estimate of drug-likeness (QED) is 0.166. The summed E-state index contributed by atoms with van der Waals surface area (Å²) in [6.07, 6.45) is -0.335. The van der Waals surface area contributed by atoms with E-state index in [1.54, 1.807) is 4.90 Å². The van der Waals surface area contributed by atoms with Crippen LogP contribution in [0.5, 0.6) is 0 Å². The number of thioether (sulfide) groups is 1. The van der Waals surface area contributed by atoms with Crippen molar-refractivity contribution < 1.29 is 9.53 Å². The molecule has 0 bridgehead atoms. The van der Waals surface area contributed by atoms with Gasteiger partial charge in [0.1, 0.15) is 11.9 Å². The molecule has 0 saturated carbocycles. The molecule has 0 atom stereocenters. The number of amidine groups is 1. The van der Waals surface area contributed by atoms with Crippen LogP contribution >= 0.6 is 11.8 Å². The summed E-state index contributed by atoms with van der Waals surface area (Å²) in [6, 6.07) is 11.2. The molecule has 1 aromatic heterocycles. The first-order valence-corrected chi connectivity index (χ1v) is 10.7. The van der Waals surface area contributed by atoms with Crippen molar-refractivity contribution in [2.45, 2.75) is 5.03 Å². The van der Waals surface area contributed by atoms with Crippen LogP contribution in [0.1, 0.15) is 5.56 Å². The van der Waals surface area contributed by atoms with E-state index in [0.29, 0.717) is 48.2 Å². The second-order valence-electron chi connectivity index (χ2n) is 6.87. The molecule has 1 amide bonds. The lowest BCUT2D eigenvalue weighted by molar-refractivity contribution is 0.121. The number of piperazine rings is 1. The summed E-state index contributed by atoms with van der Waals surface area (Å²) in [6.45, 7) is 2.39. The monoisotopic (exact) mass is 456 g/mol. The second kappa shape index (κ2) is 10.6. The van der Waals surface area contributed by atoms with Crippen LogP contribution in [0.25, 0.3) is 11.1 Å². The molecule has 1 aliphatic heterocycles. The zero-order valence-corrected chi connectivity index (χ0v) is 18.3. The molecular weight excluding hydrogens is 432 g/mol. The summed E-state index contributed by atoms with van der Waals surface area (Å²) >= 11 is 1.20. The summed E-state index contributed by atoms with van der Waals surface area (Å²) in [5.41, 5.74) is 4.60. The van der Waals surface area contributed by atoms with Crippen molar-refractivity contribution in [3.63, 3.8) is 0 Å². The lowest BCUT2D eigenvalue weighted by Crippen LogP contribution is -2.48. The van der Waals surface area contributed by atoms with E-state index in [1.165, 1.54) is 24.9 Å². The summed E-state index contributed by atoms with van der Waals surface area (Å²) in [7, 11) is 1.37. The van der Waals surface area contributed by atoms with Crippen LogP contribution in [0, 0.1) is 11.3 Å². The Morgan fingerprint density at radius 3 is 2.72 bits per heavy atom. The van der Waals surface area contributed by atoms with Gasteiger partial charge in [-0.05, 0) is 17.7 Å². The first-order valence-electron chi connectivity index (χ1n) is 9.72. The normalized spacial score (nSPS) is 14.1. The van der Waals surface area contributed by atoms with Crippen LogP contribution in [-0.2, 0) is 4.74 Å². The highest BCUT2D eigenvalue weighted by Crippen LogP contribution is 2.31. The summed E-state index contributed by atoms with van der Waals surface area (Å²) in [5.74, 6) is 11.2. The molecule has 0 unspecified atom stereocenters. The summed E-state index contributed by atoms with van der Waals surface area (Å²) < 4.78 is 4.78. The fourth-order valence-corrected chi connectivity index (χ4v) is 4.30. The number of aromatic amines is 1. The number of anilines is 1. The molecule has 0 spiro atoms. The summed E-state index contributed by atoms with van der Waals surface area (Å²) in [5, 5.41) is 13.7. The van der Waals surface area contributed by atoms with Gasteiger partial charge in [-0.1, -0.05) is 23.9 Å². The highest BCUT2D eigenvalue weighted by atomic mass is 32.2. The third kappa shape index (κ3) is 5.13. The van der Waals surface area contributed by atoms with Crippen LogP contribution in [0.2, 0.25) is 0 Å². The largest absolute Gasteiger partial charge is 0.453 e. The van der Waals surface area contributed by atoms with E-state index in [0.717, 1.165) is 11.3 Å². The van der Waals surface area contributed by atoms with Gasteiger partial charge in [0.05, 0.1) is 23.5 Å². The first kappa shape index (κ1) is 23.0. The van der Waals surface area contributed by atoms with Crippen molar-refractivity contribution in [1.82, 2.24) is 15.3 Å². The highest BCUT2D eigenvalue weighted by Gasteiger charge is 2.22. The van der Waals surface area contributed by atoms with E-state index in [2.05, 4.69) is 26.5 Å². The Bertz CT molecular complexity index is 1100. The third-order valence-corrected chi connectivity index (χ3v) is 6.04. The van der Waals surface area contributed by atoms with Crippen molar-refractivity contribution in [3.8, 4) is 17.2 Å². The number of nitrogens with two attached hydrogens (primary N) is 2. The van der Waals surface area contributed by atoms with Crippen LogP contribution in [0.4, 0.5) is 10.5 Å². The number of rotatable bonds is 5. The average molecular weight is 457 g/mol. The smallest absolute Gasteiger partial charge is 0.409 e. The fraction of sp³-hybridized carbons (Fsp3) is 0.300. The number of nitrogens with zero attached hydrogens (tertiary/aromatic N) is 4. The standard InChI is InChI=1S/C20H24N8O3S/c1-31-20(30)28-7-5-27(6-8-28)14-4-2-3-13(9-14)15-10-18(29)24-19(16(15)11-21)32-12-17(25-22)26-23/h2-4,9-10H,5-8,12,22-23H2,1H3,(H,24,29)(H,25,26). The molecule has 6 N–H and O–H groups in total. The van der Waals surface area contributed by atoms with Crippen LogP contribution < -0.4 is 27.6 Å². The van der Waals surface area contributed by atoms with Gasteiger partial charge in [0.15, 0.2) is 0 Å². The van der Waals surface area contributed by atoms with Crippen molar-refractivity contribution in [1.29, 1.82) is 5.26 Å². The minimum atomic E-state index is -0.335. The number of carbonyl (C=O) groups is 1. The number of benzene rings is 1. The zero-order chi connectivity index (χ0) is 23.1. The maximum absolute atomic E-state index is 12.3. The maximum Gasteiger partial charge on any atom is 0.409 e. The van der Waals surface area contributed by atoms with Crippen LogP contribution in [0.3, 0.4) is 0 Å². The topological polar surface area (TPSA) is 166 Å². The minimum absolute atomic E-state index is 0.256. The number of methoxy groups -OCH3 is 1. The fourth-order valence-electron chi connectivity index (χ4n) is 3.39. The van der Waals surface area contributed by atoms with Gasteiger partial charge in [-0.15, -0.1) is 0 Å². The van der Waals surface area contributed by atoms with Crippen molar-refractivity contribution >= 4 is 29.4 Å². The third-order valence-electron chi connectivity index (χ3n) is 5.03. The number of nitrogens with one attached hydrogen (secondary N) is 2. The molecule has 2 heterocycles. The molecule has 168 valence electrons. The lowest BCUT2D eigenvalue weighted by Gasteiger charge is -2.35. The predicted octanol–water partition coefficient (Wildman–Crippen LogP) is 0.630. The Morgan fingerprint density at radius 2 is 2.09 bits per heavy atom. The number of amides is 1. The summed E-state index contributed by atoms with van der Waals surface area (Å²) in [4.78, 5) is 30.5. The van der Waals surface area contributed by atoms with Gasteiger partial charge in [-0.3, -0.25) is 4.79 Å². The maximum atomic E-state index is 12.3. The number of hydrazine groups is 1. The van der Waals surface area contributed by atoms with E-state index in [4.69, 9.17) is 16.4 Å². The number of carbonyl (C=O) groups excluding carboxylic acids is 1. The highest BCUT2D eigenvalue weighted by molar-refractivity contribution is 8.00. The van der Waals surface area contributed by atoms with Crippen molar-refractivity contribution in [2.24, 2.45) is 16.8 Å². The van der Waals surface area contributed by atoms with E-state index < -0.39 is 0 Å². The van der Waals surface area contributed by atoms with E-state index in [1.807, 2.05) is 24.3 Å². The van der Waals surface area contributed by atoms with Crippen molar-refractivity contribution in [2.75, 3.05) is 43.9 Å². The molecule has 32 heavy (non-hydrogen) atoms. The molecule has 1 fully saturated rings. The number of ether oxygens (including phenoxy) is 1. The first-order chi connectivity index (χ1) is 15.5. The Hall–Kier alpha value is -3.69. The van der Waals surface area contributed by atoms with Crippen molar-refractivity contribution in [3.05, 3.63) is 46.2 Å². The molecule has 2 aromatic rings. The van der Waals surface area contributed by atoms with Gasteiger partial charge in [0.25, 0.3) is 0 Å². The lowest BCUT2D eigenvalue weighted by atomic mass is 10.0. The molecule has 11 nitrogen and oxygen atoms in total. The molecule has 1 aromatic carbocycles. The molecule has 1 aliphatic rings. The van der Waals surface area contributed by atoms with Gasteiger partial charge >= 0.3 is 6.09 Å². The van der Waals surface area contributed by atoms with Crippen LogP contribution in [0.15, 0.2) is 45.3 Å². The Kier molecular flexibility index (Phi) is 7.58.